The molecule has 7 nitrogen and oxygen atoms in total. The third-order valence-corrected chi connectivity index (χ3v) is 5.62. The van der Waals surface area contributed by atoms with Crippen LogP contribution in [-0.2, 0) is 0 Å². The Morgan fingerprint density at radius 2 is 1.75 bits per heavy atom. The number of nitrogens with two attached hydrogens (primary N) is 1. The maximum absolute atomic E-state index is 13.0. The Morgan fingerprint density at radius 3 is 2.38 bits per heavy atom. The first-order valence-corrected chi connectivity index (χ1v) is 10.9. The number of carbonyl (C=O) groups is 1. The first kappa shape index (κ1) is 21.5. The number of nitrogen functional groups attached to an aromatic ring is 1. The lowest BCUT2D eigenvalue weighted by Gasteiger charge is -2.11. The molecule has 4 aromatic rings. The summed E-state index contributed by atoms with van der Waals surface area (Å²) in [5, 5.41) is 7.55. The van der Waals surface area contributed by atoms with Crippen molar-refractivity contribution in [2.24, 2.45) is 5.10 Å². The van der Waals surface area contributed by atoms with Crippen molar-refractivity contribution in [2.75, 3.05) is 5.73 Å². The molecule has 0 bridgehead atoms. The van der Waals surface area contributed by atoms with Gasteiger partial charge in [0.15, 0.2) is 5.65 Å². The van der Waals surface area contributed by atoms with Crippen LogP contribution in [0.25, 0.3) is 22.2 Å². The number of anilines is 1. The Labute approximate surface area is 187 Å². The number of nitrogens with zero attached hydrogens (tertiary/aromatic N) is 4. The van der Waals surface area contributed by atoms with Gasteiger partial charge in [0.25, 0.3) is 5.91 Å². The van der Waals surface area contributed by atoms with Crippen LogP contribution in [0.15, 0.2) is 53.6 Å². The number of hydrogen-bond donors (Lipinski definition) is 2. The van der Waals surface area contributed by atoms with Crippen LogP contribution < -0.4 is 11.1 Å². The fourth-order valence-electron chi connectivity index (χ4n) is 3.48. The number of benzene rings is 2. The minimum Gasteiger partial charge on any atom is -0.383 e. The molecule has 2 heterocycles. The van der Waals surface area contributed by atoms with Crippen molar-refractivity contribution in [3.8, 4) is 0 Å². The third-order valence-electron chi connectivity index (χ3n) is 5.62. The van der Waals surface area contributed by atoms with E-state index >= 15 is 0 Å². The molecule has 32 heavy (non-hydrogen) atoms. The average Bonchev–Trinajstić information content (AvgIpc) is 3.06. The van der Waals surface area contributed by atoms with Crippen molar-refractivity contribution in [3.63, 3.8) is 0 Å². The zero-order valence-corrected chi connectivity index (χ0v) is 18.8. The molecule has 164 valence electrons. The van der Waals surface area contributed by atoms with Crippen LogP contribution in [0, 0.1) is 0 Å². The summed E-state index contributed by atoms with van der Waals surface area (Å²) in [6.07, 6.45) is 2.52. The Bertz CT molecular complexity index is 1300. The molecule has 0 unspecified atom stereocenters. The first-order chi connectivity index (χ1) is 15.4. The maximum Gasteiger partial charge on any atom is 0.257 e. The minimum absolute atomic E-state index is 0.0108. The van der Waals surface area contributed by atoms with Crippen LogP contribution in [0.4, 0.5) is 5.82 Å². The summed E-state index contributed by atoms with van der Waals surface area (Å²) in [6.45, 7) is 8.28. The number of fused-ring (bicyclic) bond motifs is 2. The number of hydrogen-bond acceptors (Lipinski definition) is 5. The van der Waals surface area contributed by atoms with Gasteiger partial charge in [-0.1, -0.05) is 57.2 Å². The third kappa shape index (κ3) is 4.06. The monoisotopic (exact) mass is 428 g/mol. The normalized spacial score (nSPS) is 12.8. The van der Waals surface area contributed by atoms with Gasteiger partial charge in [0.1, 0.15) is 16.9 Å². The number of carbonyl (C=O) groups excluding carboxylic acids is 1. The number of nitrogens with one attached hydrogen (secondary N) is 1. The highest BCUT2D eigenvalue weighted by atomic mass is 16.1. The summed E-state index contributed by atoms with van der Waals surface area (Å²) < 4.78 is 1.50. The fraction of sp³-hybridized carbons (Fsp3) is 0.280. The summed E-state index contributed by atoms with van der Waals surface area (Å²) >= 11 is 0. The molecular weight excluding hydrogens is 400 g/mol. The van der Waals surface area contributed by atoms with E-state index in [1.54, 1.807) is 6.21 Å². The first-order valence-electron chi connectivity index (χ1n) is 10.9. The molecule has 7 heteroatoms. The molecule has 4 rings (SSSR count). The molecule has 3 N–H and O–H groups in total. The summed E-state index contributed by atoms with van der Waals surface area (Å²) in [5.41, 5.74) is 11.2. The summed E-state index contributed by atoms with van der Waals surface area (Å²) in [5.74, 6) is 0.396. The fourth-order valence-corrected chi connectivity index (χ4v) is 3.48. The summed E-state index contributed by atoms with van der Waals surface area (Å²) in [7, 11) is 0. The van der Waals surface area contributed by atoms with E-state index in [0.717, 1.165) is 12.0 Å². The molecule has 0 radical (unpaired) electrons. The second-order valence-electron chi connectivity index (χ2n) is 8.31. The van der Waals surface area contributed by atoms with E-state index < -0.39 is 0 Å². The molecule has 2 aromatic carbocycles. The lowest BCUT2D eigenvalue weighted by Crippen LogP contribution is -2.32. The molecule has 1 amide bonds. The Hall–Kier alpha value is -3.74. The molecule has 0 aliphatic rings. The predicted octanol–water partition coefficient (Wildman–Crippen LogP) is 4.70. The smallest absolute Gasteiger partial charge is 0.257 e. The molecule has 0 spiro atoms. The topological polar surface area (TPSA) is 98.2 Å². The Morgan fingerprint density at radius 1 is 1.09 bits per heavy atom. The SMILES string of the molecule is CC[C@H](C)NC(=O)c1c(N)n(/N=C\c2ccc(C(C)C)cc2)c2nc3ccccc3nc12. The van der Waals surface area contributed by atoms with Gasteiger partial charge in [-0.3, -0.25) is 4.79 Å². The van der Waals surface area contributed by atoms with Gasteiger partial charge in [-0.15, -0.1) is 0 Å². The van der Waals surface area contributed by atoms with Gasteiger partial charge in [0.05, 0.1) is 17.2 Å². The molecule has 0 fully saturated rings. The largest absolute Gasteiger partial charge is 0.383 e. The van der Waals surface area contributed by atoms with Gasteiger partial charge in [0.2, 0.25) is 0 Å². The van der Waals surface area contributed by atoms with Crippen LogP contribution in [0.3, 0.4) is 0 Å². The average molecular weight is 429 g/mol. The molecule has 2 aromatic heterocycles. The van der Waals surface area contributed by atoms with Crippen LogP contribution >= 0.6 is 0 Å². The van der Waals surface area contributed by atoms with E-state index in [1.165, 1.54) is 10.2 Å². The van der Waals surface area contributed by atoms with E-state index in [0.29, 0.717) is 33.7 Å². The van der Waals surface area contributed by atoms with E-state index in [1.807, 2.05) is 50.2 Å². The lowest BCUT2D eigenvalue weighted by atomic mass is 10.0. The van der Waals surface area contributed by atoms with Crippen molar-refractivity contribution < 1.29 is 4.79 Å². The van der Waals surface area contributed by atoms with E-state index in [4.69, 9.17) is 15.7 Å². The second kappa shape index (κ2) is 8.78. The highest BCUT2D eigenvalue weighted by Gasteiger charge is 2.24. The van der Waals surface area contributed by atoms with Crippen LogP contribution in [0.1, 0.15) is 61.5 Å². The number of rotatable bonds is 6. The lowest BCUT2D eigenvalue weighted by molar-refractivity contribution is 0.0941. The predicted molar refractivity (Wildman–Crippen MR) is 130 cm³/mol. The number of aromatic nitrogens is 3. The van der Waals surface area contributed by atoms with Crippen molar-refractivity contribution in [2.45, 2.75) is 46.1 Å². The van der Waals surface area contributed by atoms with Crippen molar-refractivity contribution >= 4 is 40.1 Å². The van der Waals surface area contributed by atoms with Gasteiger partial charge >= 0.3 is 0 Å². The zero-order valence-electron chi connectivity index (χ0n) is 18.8. The molecule has 0 saturated carbocycles. The van der Waals surface area contributed by atoms with Crippen molar-refractivity contribution in [1.29, 1.82) is 0 Å². The molecule has 0 aliphatic heterocycles. The molecular formula is C25H28N6O. The highest BCUT2D eigenvalue weighted by molar-refractivity contribution is 6.10. The van der Waals surface area contributed by atoms with Crippen molar-refractivity contribution in [3.05, 3.63) is 65.2 Å². The van der Waals surface area contributed by atoms with Gasteiger partial charge in [-0.05, 0) is 42.5 Å². The zero-order chi connectivity index (χ0) is 22.8. The summed E-state index contributed by atoms with van der Waals surface area (Å²) in [6, 6.07) is 15.7. The molecule has 0 saturated heterocycles. The van der Waals surface area contributed by atoms with E-state index in [9.17, 15) is 4.79 Å². The number of para-hydroxylation sites is 2. The second-order valence-corrected chi connectivity index (χ2v) is 8.31. The maximum atomic E-state index is 13.0. The quantitative estimate of drug-likeness (QED) is 0.435. The van der Waals surface area contributed by atoms with Crippen LogP contribution in [0.5, 0.6) is 0 Å². The van der Waals surface area contributed by atoms with Gasteiger partial charge in [-0.2, -0.15) is 9.78 Å². The van der Waals surface area contributed by atoms with Crippen LogP contribution in [0.2, 0.25) is 0 Å². The Balaban J connectivity index is 1.84. The van der Waals surface area contributed by atoms with Crippen molar-refractivity contribution in [1.82, 2.24) is 20.0 Å². The van der Waals surface area contributed by atoms with E-state index in [2.05, 4.69) is 36.4 Å². The number of amides is 1. The standard InChI is InChI=1S/C25H28N6O/c1-5-16(4)28-25(32)21-22-24(30-20-9-7-6-8-19(20)29-22)31(23(21)26)27-14-17-10-12-18(13-11-17)15(2)3/h6-16H,5,26H2,1-4H3,(H,28,32)/b27-14-/t16-/m0/s1. The van der Waals surface area contributed by atoms with Crippen LogP contribution in [-0.4, -0.2) is 32.8 Å². The van der Waals surface area contributed by atoms with Gasteiger partial charge in [-0.25, -0.2) is 9.97 Å². The Kier molecular flexibility index (Phi) is 5.90. The van der Waals surface area contributed by atoms with Gasteiger partial charge < -0.3 is 11.1 Å². The summed E-state index contributed by atoms with van der Waals surface area (Å²) in [4.78, 5) is 22.5. The minimum atomic E-state index is -0.276. The molecule has 1 atom stereocenters. The highest BCUT2D eigenvalue weighted by Crippen LogP contribution is 2.28. The van der Waals surface area contributed by atoms with E-state index in [-0.39, 0.29) is 17.8 Å². The molecule has 0 aliphatic carbocycles. The van der Waals surface area contributed by atoms with Gasteiger partial charge in [0, 0.05) is 6.04 Å².